The highest BCUT2D eigenvalue weighted by Crippen LogP contribution is 2.51. The van der Waals surface area contributed by atoms with Crippen LogP contribution in [0.25, 0.3) is 72.0 Å². The minimum atomic E-state index is 0.216. The predicted molar refractivity (Wildman–Crippen MR) is 291 cm³/mol. The molecule has 0 saturated heterocycles. The van der Waals surface area contributed by atoms with Crippen LogP contribution in [0.3, 0.4) is 0 Å². The molecule has 0 spiro atoms. The summed E-state index contributed by atoms with van der Waals surface area (Å²) in [6.45, 7) is 0. The van der Waals surface area contributed by atoms with Crippen LogP contribution >= 0.6 is 0 Å². The van der Waals surface area contributed by atoms with E-state index in [1.54, 1.807) is 0 Å². The number of aromatic nitrogens is 1. The molecule has 2 atom stereocenters. The summed E-state index contributed by atoms with van der Waals surface area (Å²) >= 11 is 0. The zero-order valence-electron chi connectivity index (χ0n) is 38.0. The molecule has 0 radical (unpaired) electrons. The lowest BCUT2D eigenvalue weighted by molar-refractivity contribution is 0.745. The highest BCUT2D eigenvalue weighted by molar-refractivity contribution is 6.18. The number of hydrogen-bond acceptors (Lipinski definition) is 2. The van der Waals surface area contributed by atoms with Gasteiger partial charge in [-0.3, -0.25) is 0 Å². The van der Waals surface area contributed by atoms with Crippen molar-refractivity contribution in [1.29, 1.82) is 0 Å². The Labute approximate surface area is 403 Å². The molecular formula is C66H47N3. The van der Waals surface area contributed by atoms with Gasteiger partial charge in [-0.25, -0.2) is 0 Å². The number of nitrogens with zero attached hydrogens (tertiary/aromatic N) is 3. The summed E-state index contributed by atoms with van der Waals surface area (Å²) in [5.74, 6) is 0.239. The van der Waals surface area contributed by atoms with E-state index in [1.165, 1.54) is 83.3 Å². The monoisotopic (exact) mass is 881 g/mol. The average Bonchev–Trinajstić information content (AvgIpc) is 3.96. The molecule has 11 aromatic rings. The number of fused-ring (bicyclic) bond motifs is 6. The Morgan fingerprint density at radius 2 is 0.899 bits per heavy atom. The van der Waals surface area contributed by atoms with Crippen molar-refractivity contribution >= 4 is 50.1 Å². The minimum Gasteiger partial charge on any atom is -0.333 e. The van der Waals surface area contributed by atoms with Crippen LogP contribution in [-0.4, -0.2) is 10.6 Å². The van der Waals surface area contributed by atoms with Crippen molar-refractivity contribution in [1.82, 2.24) is 4.57 Å². The summed E-state index contributed by atoms with van der Waals surface area (Å²) < 4.78 is 2.49. The Morgan fingerprint density at radius 3 is 1.57 bits per heavy atom. The highest BCUT2D eigenvalue weighted by atomic mass is 15.2. The summed E-state index contributed by atoms with van der Waals surface area (Å²) in [5, 5.41) is 3.65. The maximum absolute atomic E-state index is 2.50. The van der Waals surface area contributed by atoms with Crippen molar-refractivity contribution in [2.45, 2.75) is 12.0 Å². The molecule has 1 aromatic heterocycles. The molecule has 3 heteroatoms. The maximum Gasteiger partial charge on any atom is 0.0629 e. The standard InChI is InChI=1S/C66H47N3/c1-6-19-46(20-7-1)47-33-37-53(38-34-47)67(55-41-44-63-61(45-55)58-29-16-17-32-62(58)68(63)51-25-12-4-13-26-51)54-39-35-48(36-40-54)56-30-18-31-59-57(56)42-43-60-64(49-21-8-2-9-22-49)65(50-23-10-3-11-24-50)69(66(59)60)52-27-14-5-15-28-52/h1-45,58,62H. The Kier molecular flexibility index (Phi) is 9.98. The molecule has 1 aliphatic carbocycles. The molecule has 0 amide bonds. The second-order valence-corrected chi connectivity index (χ2v) is 18.0. The van der Waals surface area contributed by atoms with E-state index in [9.17, 15) is 0 Å². The third kappa shape index (κ3) is 6.98. The molecule has 0 N–H and O–H groups in total. The molecule has 1 aliphatic heterocycles. The van der Waals surface area contributed by atoms with Crippen molar-refractivity contribution in [3.63, 3.8) is 0 Å². The van der Waals surface area contributed by atoms with E-state index >= 15 is 0 Å². The Balaban J connectivity index is 0.956. The minimum absolute atomic E-state index is 0.216. The Morgan fingerprint density at radius 1 is 0.362 bits per heavy atom. The molecule has 10 aromatic carbocycles. The summed E-state index contributed by atoms with van der Waals surface area (Å²) in [7, 11) is 0. The SMILES string of the molecule is C1=CC2c3cc(N(c4ccc(-c5ccccc5)cc4)c4ccc(-c5cccc6c5ccc5c(-c7ccccc7)c(-c7ccccc7)n(-c7ccccc7)c56)cc4)ccc3N(c3ccccc3)C2C=C1. The first-order chi connectivity index (χ1) is 34.3. The van der Waals surface area contributed by atoms with Gasteiger partial charge in [-0.2, -0.15) is 0 Å². The largest absolute Gasteiger partial charge is 0.333 e. The van der Waals surface area contributed by atoms with E-state index < -0.39 is 0 Å². The fourth-order valence-corrected chi connectivity index (χ4v) is 11.0. The molecule has 2 heterocycles. The van der Waals surface area contributed by atoms with Gasteiger partial charge in [-0.1, -0.05) is 206 Å². The molecule has 69 heavy (non-hydrogen) atoms. The second kappa shape index (κ2) is 17.1. The van der Waals surface area contributed by atoms with Gasteiger partial charge in [0.1, 0.15) is 0 Å². The highest BCUT2D eigenvalue weighted by Gasteiger charge is 2.38. The Bertz CT molecular complexity index is 3690. The first-order valence-corrected chi connectivity index (χ1v) is 23.9. The van der Waals surface area contributed by atoms with Crippen LogP contribution in [-0.2, 0) is 0 Å². The van der Waals surface area contributed by atoms with Crippen LogP contribution in [0.15, 0.2) is 273 Å². The summed E-state index contributed by atoms with van der Waals surface area (Å²) in [4.78, 5) is 4.91. The number of benzene rings is 10. The average molecular weight is 882 g/mol. The van der Waals surface area contributed by atoms with E-state index in [0.29, 0.717) is 0 Å². The first kappa shape index (κ1) is 40.4. The zero-order chi connectivity index (χ0) is 45.7. The van der Waals surface area contributed by atoms with Crippen LogP contribution in [0.4, 0.5) is 28.4 Å². The molecule has 3 nitrogen and oxygen atoms in total. The molecule has 326 valence electrons. The van der Waals surface area contributed by atoms with Gasteiger partial charge in [0.2, 0.25) is 0 Å². The number of allylic oxidation sites excluding steroid dienone is 2. The fourth-order valence-electron chi connectivity index (χ4n) is 11.0. The van der Waals surface area contributed by atoms with Crippen LogP contribution in [0.2, 0.25) is 0 Å². The Hall–Kier alpha value is -8.92. The molecule has 2 unspecified atom stereocenters. The third-order valence-corrected chi connectivity index (χ3v) is 14.1. The quantitative estimate of drug-likeness (QED) is 0.143. The topological polar surface area (TPSA) is 11.4 Å². The van der Waals surface area contributed by atoms with Gasteiger partial charge in [0.25, 0.3) is 0 Å². The van der Waals surface area contributed by atoms with Crippen LogP contribution in [0.1, 0.15) is 11.5 Å². The smallest absolute Gasteiger partial charge is 0.0629 e. The third-order valence-electron chi connectivity index (χ3n) is 14.1. The summed E-state index contributed by atoms with van der Waals surface area (Å²) in [5.41, 5.74) is 19.0. The van der Waals surface area contributed by atoms with Gasteiger partial charge >= 0.3 is 0 Å². The fraction of sp³-hybridized carbons (Fsp3) is 0.0303. The van der Waals surface area contributed by atoms with Crippen LogP contribution in [0.5, 0.6) is 0 Å². The van der Waals surface area contributed by atoms with Crippen molar-refractivity contribution in [2.75, 3.05) is 9.80 Å². The van der Waals surface area contributed by atoms with Crippen molar-refractivity contribution in [3.05, 3.63) is 279 Å². The molecule has 2 aliphatic rings. The summed E-state index contributed by atoms with van der Waals surface area (Å²) in [6, 6.07) is 90.9. The molecule has 0 fully saturated rings. The van der Waals surface area contributed by atoms with Gasteiger partial charge in [-0.15, -0.1) is 0 Å². The molecule has 13 rings (SSSR count). The van der Waals surface area contributed by atoms with E-state index in [1.807, 2.05) is 0 Å². The lowest BCUT2D eigenvalue weighted by Gasteiger charge is -2.28. The number of rotatable bonds is 9. The van der Waals surface area contributed by atoms with Gasteiger partial charge in [0, 0.05) is 56.4 Å². The van der Waals surface area contributed by atoms with Gasteiger partial charge < -0.3 is 14.4 Å². The van der Waals surface area contributed by atoms with Gasteiger partial charge in [-0.05, 0) is 111 Å². The lowest BCUT2D eigenvalue weighted by atomic mass is 9.91. The van der Waals surface area contributed by atoms with E-state index in [0.717, 1.165) is 22.7 Å². The van der Waals surface area contributed by atoms with Gasteiger partial charge in [0.15, 0.2) is 0 Å². The maximum atomic E-state index is 2.50. The molecular weight excluding hydrogens is 835 g/mol. The lowest BCUT2D eigenvalue weighted by Crippen LogP contribution is -2.28. The van der Waals surface area contributed by atoms with Crippen LogP contribution < -0.4 is 9.80 Å². The predicted octanol–water partition coefficient (Wildman–Crippen LogP) is 17.7. The molecule has 0 bridgehead atoms. The van der Waals surface area contributed by atoms with E-state index in [2.05, 4.69) is 287 Å². The number of hydrogen-bond donors (Lipinski definition) is 0. The number of anilines is 5. The van der Waals surface area contributed by atoms with E-state index in [-0.39, 0.29) is 12.0 Å². The second-order valence-electron chi connectivity index (χ2n) is 18.0. The summed E-state index contributed by atoms with van der Waals surface area (Å²) in [6.07, 6.45) is 9.10. The van der Waals surface area contributed by atoms with Crippen molar-refractivity contribution in [3.8, 4) is 50.3 Å². The zero-order valence-corrected chi connectivity index (χ0v) is 38.0. The van der Waals surface area contributed by atoms with E-state index in [4.69, 9.17) is 0 Å². The van der Waals surface area contributed by atoms with Crippen LogP contribution in [0, 0.1) is 0 Å². The van der Waals surface area contributed by atoms with Gasteiger partial charge in [0.05, 0.1) is 17.3 Å². The van der Waals surface area contributed by atoms with Crippen molar-refractivity contribution in [2.24, 2.45) is 0 Å². The molecule has 0 saturated carbocycles. The normalized spacial score (nSPS) is 14.8. The number of para-hydroxylation sites is 2. The van der Waals surface area contributed by atoms with Crippen molar-refractivity contribution < 1.29 is 0 Å². The first-order valence-electron chi connectivity index (χ1n) is 23.9.